The molecule has 1 saturated heterocycles. The van der Waals surface area contributed by atoms with E-state index in [9.17, 15) is 23.2 Å². The lowest BCUT2D eigenvalue weighted by molar-refractivity contribution is -0.118. The summed E-state index contributed by atoms with van der Waals surface area (Å²) in [6.07, 6.45) is 2.60. The fourth-order valence-corrected chi connectivity index (χ4v) is 5.45. The van der Waals surface area contributed by atoms with Crippen molar-refractivity contribution in [3.63, 3.8) is 0 Å². The molecule has 15 heteroatoms. The predicted molar refractivity (Wildman–Crippen MR) is 142 cm³/mol. The molecule has 1 N–H and O–H groups in total. The number of hydrogen-bond acceptors (Lipinski definition) is 9. The van der Waals surface area contributed by atoms with Crippen LogP contribution in [0.1, 0.15) is 19.4 Å². The third-order valence-corrected chi connectivity index (χ3v) is 7.94. The van der Waals surface area contributed by atoms with Crippen LogP contribution in [0.5, 0.6) is 0 Å². The van der Waals surface area contributed by atoms with Crippen LogP contribution in [0.25, 0.3) is 22.4 Å². The molecule has 2 aliphatic rings. The summed E-state index contributed by atoms with van der Waals surface area (Å²) in [4.78, 5) is 57.7. The molecule has 3 atom stereocenters. The highest BCUT2D eigenvalue weighted by molar-refractivity contribution is 5.93. The number of amides is 1. The summed E-state index contributed by atoms with van der Waals surface area (Å²) in [5.74, 6) is 0.0981. The molecule has 210 valence electrons. The normalized spacial score (nSPS) is 20.2. The van der Waals surface area contributed by atoms with Gasteiger partial charge in [-0.25, -0.2) is 38.1 Å². The van der Waals surface area contributed by atoms with E-state index in [4.69, 9.17) is 5.26 Å². The third-order valence-electron chi connectivity index (χ3n) is 7.94. The molecule has 0 bridgehead atoms. The van der Waals surface area contributed by atoms with Gasteiger partial charge in [0.05, 0.1) is 23.5 Å². The molecule has 41 heavy (non-hydrogen) atoms. The van der Waals surface area contributed by atoms with Crippen molar-refractivity contribution in [2.75, 3.05) is 23.3 Å². The Morgan fingerprint density at radius 1 is 1.24 bits per heavy atom. The molecule has 5 heterocycles. The van der Waals surface area contributed by atoms with Crippen LogP contribution >= 0.6 is 0 Å². The highest BCUT2D eigenvalue weighted by Crippen LogP contribution is 2.61. The van der Waals surface area contributed by atoms with E-state index in [-0.39, 0.29) is 29.4 Å². The van der Waals surface area contributed by atoms with Gasteiger partial charge in [-0.15, -0.1) is 0 Å². The van der Waals surface area contributed by atoms with Crippen molar-refractivity contribution in [1.29, 1.82) is 5.26 Å². The second-order valence-electron chi connectivity index (χ2n) is 10.4. The topological polar surface area (TPSA) is 157 Å². The molecular weight excluding hydrogens is 538 g/mol. The standard InChI is InChI=1S/C26H24F2N10O3/c1-14(38-13-32-20-19(38)22(40)37(7-6-29)25(41)35(20)2)21(39)34-18-5-3-4-17(33-18)15-9-30-24(31-10-15)36-11-16-8-26(16,12-36)23(27)28/h3-5,9-10,13-14,16,23H,7-8,11-12H2,1-2H3,(H,33,34,39)/t14-,16?,26?/m0/s1. The molecule has 1 aliphatic carbocycles. The number of hydrogen-bond donors (Lipinski definition) is 1. The molecule has 0 radical (unpaired) electrons. The number of pyridine rings is 1. The van der Waals surface area contributed by atoms with Crippen molar-refractivity contribution in [3.05, 3.63) is 57.8 Å². The van der Waals surface area contributed by atoms with Crippen molar-refractivity contribution >= 4 is 28.8 Å². The number of carbonyl (C=O) groups is 1. The summed E-state index contributed by atoms with van der Waals surface area (Å²) in [6, 6.07) is 5.88. The van der Waals surface area contributed by atoms with Crippen molar-refractivity contribution in [2.24, 2.45) is 18.4 Å². The van der Waals surface area contributed by atoms with E-state index in [0.717, 1.165) is 9.13 Å². The summed E-state index contributed by atoms with van der Waals surface area (Å²) >= 11 is 0. The number of nitriles is 1. The Morgan fingerprint density at radius 3 is 2.68 bits per heavy atom. The number of imidazole rings is 1. The molecule has 1 amide bonds. The van der Waals surface area contributed by atoms with Crippen LogP contribution in [0.2, 0.25) is 0 Å². The van der Waals surface area contributed by atoms with Gasteiger partial charge in [-0.3, -0.25) is 14.2 Å². The van der Waals surface area contributed by atoms with E-state index in [1.54, 1.807) is 48.5 Å². The highest BCUT2D eigenvalue weighted by Gasteiger charge is 2.65. The van der Waals surface area contributed by atoms with Gasteiger partial charge in [-0.05, 0) is 31.4 Å². The van der Waals surface area contributed by atoms with Crippen molar-refractivity contribution in [2.45, 2.75) is 32.4 Å². The lowest BCUT2D eigenvalue weighted by Crippen LogP contribution is -2.40. The van der Waals surface area contributed by atoms with Crippen molar-refractivity contribution in [1.82, 2.24) is 33.6 Å². The minimum absolute atomic E-state index is 0.0127. The minimum Gasteiger partial charge on any atom is -0.340 e. The van der Waals surface area contributed by atoms with Gasteiger partial charge in [0, 0.05) is 38.1 Å². The number of fused-ring (bicyclic) bond motifs is 2. The first-order chi connectivity index (χ1) is 19.6. The molecule has 6 rings (SSSR count). The van der Waals surface area contributed by atoms with Gasteiger partial charge < -0.3 is 14.8 Å². The number of carbonyl (C=O) groups excluding carboxylic acids is 1. The molecular formula is C26H24F2N10O3. The average Bonchev–Trinajstić information content (AvgIpc) is 3.30. The maximum Gasteiger partial charge on any atom is 0.333 e. The van der Waals surface area contributed by atoms with E-state index in [1.807, 2.05) is 0 Å². The van der Waals surface area contributed by atoms with E-state index in [1.165, 1.54) is 17.9 Å². The second kappa shape index (κ2) is 9.58. The molecule has 1 saturated carbocycles. The van der Waals surface area contributed by atoms with Crippen LogP contribution < -0.4 is 21.5 Å². The van der Waals surface area contributed by atoms with E-state index >= 15 is 0 Å². The lowest BCUT2D eigenvalue weighted by Gasteiger charge is -2.20. The summed E-state index contributed by atoms with van der Waals surface area (Å²) < 4.78 is 30.1. The number of anilines is 2. The molecule has 2 unspecified atom stereocenters. The summed E-state index contributed by atoms with van der Waals surface area (Å²) in [7, 11) is 1.43. The van der Waals surface area contributed by atoms with Crippen molar-refractivity contribution < 1.29 is 13.6 Å². The quantitative estimate of drug-likeness (QED) is 0.353. The second-order valence-corrected chi connectivity index (χ2v) is 10.4. The van der Waals surface area contributed by atoms with Crippen LogP contribution in [0.15, 0.2) is 46.5 Å². The Labute approximate surface area is 230 Å². The predicted octanol–water partition coefficient (Wildman–Crippen LogP) is 1.56. The molecule has 0 spiro atoms. The number of nitrogens with one attached hydrogen (secondary N) is 1. The molecule has 4 aromatic heterocycles. The fourth-order valence-electron chi connectivity index (χ4n) is 5.45. The van der Waals surface area contributed by atoms with Gasteiger partial charge in [-0.2, -0.15) is 5.26 Å². The SMILES string of the molecule is C[C@@H](C(=O)Nc1cccc(-c2cnc(N3CC4CC4(C(F)F)C3)nc2)n1)n1cnc2c1c(=O)n(CC#N)c(=O)n2C. The first-order valence-electron chi connectivity index (χ1n) is 12.8. The Bertz CT molecular complexity index is 1840. The van der Waals surface area contributed by atoms with E-state index in [2.05, 4.69) is 25.3 Å². The largest absolute Gasteiger partial charge is 0.340 e. The number of aryl methyl sites for hydroxylation is 1. The average molecular weight is 563 g/mol. The number of halogens is 2. The molecule has 4 aromatic rings. The zero-order valence-corrected chi connectivity index (χ0v) is 22.0. The smallest absolute Gasteiger partial charge is 0.333 e. The number of nitrogens with zero attached hydrogens (tertiary/aromatic N) is 9. The number of rotatable bonds is 7. The molecule has 0 aromatic carbocycles. The maximum atomic E-state index is 13.4. The number of alkyl halides is 2. The van der Waals surface area contributed by atoms with E-state index < -0.39 is 41.6 Å². The maximum absolute atomic E-state index is 13.4. The molecule has 2 fully saturated rings. The Hall–Kier alpha value is -5.00. The van der Waals surface area contributed by atoms with Gasteiger partial charge in [0.1, 0.15) is 18.4 Å². The van der Waals surface area contributed by atoms with Crippen LogP contribution in [0.3, 0.4) is 0 Å². The van der Waals surface area contributed by atoms with Gasteiger partial charge >= 0.3 is 5.69 Å². The Kier molecular flexibility index (Phi) is 6.13. The zero-order chi connectivity index (χ0) is 29.1. The fraction of sp³-hybridized carbons (Fsp3) is 0.385. The van der Waals surface area contributed by atoms with Crippen LogP contribution in [0, 0.1) is 22.7 Å². The molecule has 1 aliphatic heterocycles. The van der Waals surface area contributed by atoms with Gasteiger partial charge in [0.2, 0.25) is 18.3 Å². The third kappa shape index (κ3) is 4.22. The highest BCUT2D eigenvalue weighted by atomic mass is 19.3. The van der Waals surface area contributed by atoms with Crippen LogP contribution in [-0.2, 0) is 18.4 Å². The monoisotopic (exact) mass is 562 g/mol. The van der Waals surface area contributed by atoms with Crippen LogP contribution in [0.4, 0.5) is 20.5 Å². The lowest BCUT2D eigenvalue weighted by atomic mass is 10.1. The first-order valence-corrected chi connectivity index (χ1v) is 12.8. The first kappa shape index (κ1) is 26.2. The van der Waals surface area contributed by atoms with Crippen LogP contribution in [-0.4, -0.2) is 59.1 Å². The zero-order valence-electron chi connectivity index (χ0n) is 22.0. The minimum atomic E-state index is -2.36. The van der Waals surface area contributed by atoms with Crippen molar-refractivity contribution in [3.8, 4) is 17.3 Å². The summed E-state index contributed by atoms with van der Waals surface area (Å²) in [5.41, 5.74) is -1.17. The van der Waals surface area contributed by atoms with Gasteiger partial charge in [0.25, 0.3) is 5.56 Å². The number of piperidine rings is 1. The Balaban J connectivity index is 1.20. The number of aromatic nitrogens is 7. The van der Waals surface area contributed by atoms with Gasteiger partial charge in [-0.1, -0.05) is 6.07 Å². The van der Waals surface area contributed by atoms with E-state index in [0.29, 0.717) is 30.2 Å². The molecule has 13 nitrogen and oxygen atoms in total. The summed E-state index contributed by atoms with van der Waals surface area (Å²) in [5, 5.41) is 11.8. The summed E-state index contributed by atoms with van der Waals surface area (Å²) in [6.45, 7) is 1.87. The van der Waals surface area contributed by atoms with Gasteiger partial charge in [0.15, 0.2) is 11.2 Å². The Morgan fingerprint density at radius 2 is 2.00 bits per heavy atom.